The van der Waals surface area contributed by atoms with E-state index in [9.17, 15) is 14.4 Å². The average molecular weight is 466 g/mol. The number of aromatic nitrogens is 1. The van der Waals surface area contributed by atoms with E-state index in [0.29, 0.717) is 23.9 Å². The van der Waals surface area contributed by atoms with E-state index in [1.165, 1.54) is 18.2 Å². The van der Waals surface area contributed by atoms with Crippen LogP contribution in [0.4, 0.5) is 11.5 Å². The van der Waals surface area contributed by atoms with Crippen LogP contribution in [-0.4, -0.2) is 62.1 Å². The molecule has 1 aliphatic rings. The van der Waals surface area contributed by atoms with Gasteiger partial charge in [0, 0.05) is 18.1 Å². The molecule has 1 aromatic carbocycles. The van der Waals surface area contributed by atoms with Gasteiger partial charge in [-0.05, 0) is 30.3 Å². The number of carbonyl (C=O) groups is 3. The van der Waals surface area contributed by atoms with E-state index >= 15 is 0 Å². The molecule has 31 heavy (non-hydrogen) atoms. The van der Waals surface area contributed by atoms with Crippen molar-refractivity contribution < 1.29 is 19.1 Å². The molecule has 0 spiro atoms. The highest BCUT2D eigenvalue weighted by molar-refractivity contribution is 6.36. The fraction of sp³-hybridized carbons (Fsp3) is 0.300. The Balaban J connectivity index is 1.39. The molecule has 164 valence electrons. The summed E-state index contributed by atoms with van der Waals surface area (Å²) in [6, 6.07) is 7.98. The number of halogens is 2. The van der Waals surface area contributed by atoms with E-state index in [2.05, 4.69) is 25.8 Å². The van der Waals surface area contributed by atoms with E-state index in [1.807, 2.05) is 6.07 Å². The van der Waals surface area contributed by atoms with Crippen molar-refractivity contribution in [2.24, 2.45) is 0 Å². The molecule has 0 atom stereocenters. The van der Waals surface area contributed by atoms with Gasteiger partial charge in [-0.3, -0.25) is 14.4 Å². The predicted octanol–water partition coefficient (Wildman–Crippen LogP) is 1.71. The number of rotatable bonds is 7. The van der Waals surface area contributed by atoms with Crippen LogP contribution < -0.4 is 20.9 Å². The van der Waals surface area contributed by atoms with Gasteiger partial charge in [0.1, 0.15) is 5.82 Å². The smallest absolute Gasteiger partial charge is 0.253 e. The van der Waals surface area contributed by atoms with E-state index in [0.717, 1.165) is 18.9 Å². The first-order valence-electron chi connectivity index (χ1n) is 9.51. The van der Waals surface area contributed by atoms with Crippen molar-refractivity contribution >= 4 is 52.4 Å². The molecule has 1 fully saturated rings. The van der Waals surface area contributed by atoms with Gasteiger partial charge in [0.25, 0.3) is 5.91 Å². The van der Waals surface area contributed by atoms with E-state index < -0.39 is 17.7 Å². The van der Waals surface area contributed by atoms with E-state index in [1.54, 1.807) is 12.3 Å². The normalized spacial score (nSPS) is 13.4. The fourth-order valence-corrected chi connectivity index (χ4v) is 3.31. The number of hydrogen-bond donors (Lipinski definition) is 3. The zero-order valence-corrected chi connectivity index (χ0v) is 18.0. The number of nitrogens with zero attached hydrogens (tertiary/aromatic N) is 2. The molecular formula is C20H21Cl2N5O4. The summed E-state index contributed by atoms with van der Waals surface area (Å²) in [4.78, 5) is 42.5. The maximum absolute atomic E-state index is 12.1. The first-order chi connectivity index (χ1) is 14.9. The van der Waals surface area contributed by atoms with Crippen molar-refractivity contribution in [1.29, 1.82) is 0 Å². The third-order valence-corrected chi connectivity index (χ3v) is 4.95. The van der Waals surface area contributed by atoms with Crippen molar-refractivity contribution in [3.63, 3.8) is 0 Å². The highest BCUT2D eigenvalue weighted by Crippen LogP contribution is 2.20. The maximum atomic E-state index is 12.1. The Morgan fingerprint density at radius 2 is 1.74 bits per heavy atom. The van der Waals surface area contributed by atoms with Crippen LogP contribution in [0.25, 0.3) is 0 Å². The van der Waals surface area contributed by atoms with Crippen LogP contribution in [-0.2, 0) is 14.3 Å². The molecule has 3 N–H and O–H groups in total. The lowest BCUT2D eigenvalue weighted by atomic mass is 10.2. The number of nitrogens with one attached hydrogen (secondary N) is 3. The van der Waals surface area contributed by atoms with Crippen LogP contribution in [0.2, 0.25) is 10.0 Å². The summed E-state index contributed by atoms with van der Waals surface area (Å²) < 4.78 is 5.31. The molecule has 0 saturated carbocycles. The summed E-state index contributed by atoms with van der Waals surface area (Å²) in [6.07, 6.45) is 1.56. The Bertz CT molecular complexity index is 949. The monoisotopic (exact) mass is 465 g/mol. The van der Waals surface area contributed by atoms with Gasteiger partial charge in [-0.15, -0.1) is 0 Å². The van der Waals surface area contributed by atoms with Crippen LogP contribution in [0.3, 0.4) is 0 Å². The minimum absolute atomic E-state index is 0.179. The second-order valence-electron chi connectivity index (χ2n) is 6.64. The standard InChI is InChI=1S/C20H21Cl2N5O4/c21-13-1-3-15(16(22)9-13)20(30)25-11-18(28)24-12-19(29)26-14-2-4-17(23-10-14)27-5-7-31-8-6-27/h1-4,9-10H,5-8,11-12H2,(H,24,28)(H,25,30)(H,26,29). The summed E-state index contributed by atoms with van der Waals surface area (Å²) in [6.45, 7) is 2.31. The molecule has 0 unspecified atom stereocenters. The van der Waals surface area contributed by atoms with Crippen molar-refractivity contribution in [3.8, 4) is 0 Å². The zero-order chi connectivity index (χ0) is 22.2. The first-order valence-corrected chi connectivity index (χ1v) is 10.3. The van der Waals surface area contributed by atoms with Gasteiger partial charge in [0.15, 0.2) is 0 Å². The average Bonchev–Trinajstić information content (AvgIpc) is 2.77. The molecule has 1 aliphatic heterocycles. The van der Waals surface area contributed by atoms with Crippen molar-refractivity contribution in [2.45, 2.75) is 0 Å². The molecule has 0 radical (unpaired) electrons. The third kappa shape index (κ3) is 6.81. The molecule has 1 saturated heterocycles. The van der Waals surface area contributed by atoms with Crippen LogP contribution in [0.15, 0.2) is 36.5 Å². The molecule has 2 aromatic rings. The molecule has 2 heterocycles. The number of carbonyl (C=O) groups excluding carboxylic acids is 3. The topological polar surface area (TPSA) is 113 Å². The quantitative estimate of drug-likeness (QED) is 0.573. The molecule has 11 heteroatoms. The summed E-state index contributed by atoms with van der Waals surface area (Å²) in [5.74, 6) is -0.644. The highest BCUT2D eigenvalue weighted by Gasteiger charge is 2.14. The Morgan fingerprint density at radius 3 is 2.42 bits per heavy atom. The van der Waals surface area contributed by atoms with Crippen LogP contribution >= 0.6 is 23.2 Å². The van der Waals surface area contributed by atoms with Crippen LogP contribution in [0.1, 0.15) is 10.4 Å². The lowest BCUT2D eigenvalue weighted by Crippen LogP contribution is -2.40. The van der Waals surface area contributed by atoms with Crippen molar-refractivity contribution in [3.05, 3.63) is 52.1 Å². The van der Waals surface area contributed by atoms with Gasteiger partial charge < -0.3 is 25.6 Å². The minimum Gasteiger partial charge on any atom is -0.378 e. The lowest BCUT2D eigenvalue weighted by molar-refractivity contribution is -0.123. The van der Waals surface area contributed by atoms with Crippen molar-refractivity contribution in [1.82, 2.24) is 15.6 Å². The van der Waals surface area contributed by atoms with Crippen LogP contribution in [0, 0.1) is 0 Å². The lowest BCUT2D eigenvalue weighted by Gasteiger charge is -2.27. The summed E-state index contributed by atoms with van der Waals surface area (Å²) in [7, 11) is 0. The molecule has 0 aliphatic carbocycles. The SMILES string of the molecule is O=C(CNC(=O)c1ccc(Cl)cc1Cl)NCC(=O)Nc1ccc(N2CCOCC2)nc1. The Kier molecular flexibility index (Phi) is 8.05. The summed E-state index contributed by atoms with van der Waals surface area (Å²) in [5.41, 5.74) is 0.714. The molecule has 1 aromatic heterocycles. The second-order valence-corrected chi connectivity index (χ2v) is 7.48. The molecular weight excluding hydrogens is 445 g/mol. The molecule has 9 nitrogen and oxygen atoms in total. The Hall–Kier alpha value is -2.88. The van der Waals surface area contributed by atoms with Gasteiger partial charge in [-0.25, -0.2) is 4.98 Å². The van der Waals surface area contributed by atoms with E-state index in [-0.39, 0.29) is 23.7 Å². The zero-order valence-electron chi connectivity index (χ0n) is 16.5. The number of benzene rings is 1. The summed E-state index contributed by atoms with van der Waals surface area (Å²) >= 11 is 11.8. The Morgan fingerprint density at radius 1 is 1.00 bits per heavy atom. The number of ether oxygens (including phenoxy) is 1. The van der Waals surface area contributed by atoms with Crippen molar-refractivity contribution in [2.75, 3.05) is 49.6 Å². The molecule has 0 bridgehead atoms. The summed E-state index contributed by atoms with van der Waals surface area (Å²) in [5, 5.41) is 8.10. The number of hydrogen-bond acceptors (Lipinski definition) is 6. The molecule has 3 rings (SSSR count). The maximum Gasteiger partial charge on any atom is 0.253 e. The third-order valence-electron chi connectivity index (χ3n) is 4.40. The first kappa shape index (κ1) is 22.8. The number of amides is 3. The molecule has 3 amide bonds. The number of anilines is 2. The van der Waals surface area contributed by atoms with Gasteiger partial charge in [0.2, 0.25) is 11.8 Å². The van der Waals surface area contributed by atoms with Crippen LogP contribution in [0.5, 0.6) is 0 Å². The number of morpholine rings is 1. The van der Waals surface area contributed by atoms with Gasteiger partial charge >= 0.3 is 0 Å². The Labute approximate surface area is 189 Å². The van der Waals surface area contributed by atoms with E-state index in [4.69, 9.17) is 27.9 Å². The van der Waals surface area contributed by atoms with Gasteiger partial charge in [-0.2, -0.15) is 0 Å². The highest BCUT2D eigenvalue weighted by atomic mass is 35.5. The predicted molar refractivity (Wildman–Crippen MR) is 118 cm³/mol. The fourth-order valence-electron chi connectivity index (χ4n) is 2.82. The number of pyridine rings is 1. The largest absolute Gasteiger partial charge is 0.378 e. The van der Waals surface area contributed by atoms with Gasteiger partial charge in [0.05, 0.1) is 48.8 Å². The second kappa shape index (κ2) is 10.9. The van der Waals surface area contributed by atoms with Gasteiger partial charge in [-0.1, -0.05) is 23.2 Å². The minimum atomic E-state index is -0.521.